The highest BCUT2D eigenvalue weighted by atomic mass is 14.2. The molecule has 0 bridgehead atoms. The van der Waals surface area contributed by atoms with Crippen LogP contribution in [0, 0.1) is 18.2 Å². The molecule has 0 radical (unpaired) electrons. The Morgan fingerprint density at radius 3 is 2.85 bits per heavy atom. The van der Waals surface area contributed by atoms with Crippen molar-refractivity contribution in [3.05, 3.63) is 47.5 Å². The minimum Gasteiger partial charge on any atom is -0.192 e. The molecule has 2 aromatic rings. The highest BCUT2D eigenvalue weighted by Gasteiger charge is 2.01. The van der Waals surface area contributed by atoms with Crippen LogP contribution >= 0.6 is 0 Å². The van der Waals surface area contributed by atoms with Crippen molar-refractivity contribution >= 4 is 10.8 Å². The van der Waals surface area contributed by atoms with Crippen LogP contribution in [0.3, 0.4) is 0 Å². The lowest BCUT2D eigenvalue weighted by Gasteiger charge is -2.01. The molecule has 0 heterocycles. The molecule has 0 atom stereocenters. The van der Waals surface area contributed by atoms with Gasteiger partial charge in [0.05, 0.1) is 5.56 Å². The van der Waals surface area contributed by atoms with E-state index in [4.69, 9.17) is 6.63 Å². The van der Waals surface area contributed by atoms with Crippen molar-refractivity contribution in [2.75, 3.05) is 0 Å². The van der Waals surface area contributed by atoms with E-state index in [0.29, 0.717) is 5.56 Å². The molecule has 0 saturated heterocycles. The Bertz CT molecular complexity index is 511. The summed E-state index contributed by atoms with van der Waals surface area (Å²) < 4.78 is 7.31. The zero-order chi connectivity index (χ0) is 9.97. The average Bonchev–Trinajstić information content (AvgIpc) is 2.27. The Kier molecular flexibility index (Phi) is 1.50. The van der Waals surface area contributed by atoms with Crippen molar-refractivity contribution in [1.82, 2.24) is 0 Å². The van der Waals surface area contributed by atoms with Gasteiger partial charge in [0.1, 0.15) is 6.07 Å². The smallest absolute Gasteiger partial charge is 0.100 e. The first-order valence-corrected chi connectivity index (χ1v) is 4.07. The van der Waals surface area contributed by atoms with E-state index < -0.39 is 0 Å². The molecule has 0 amide bonds. The summed E-state index contributed by atoms with van der Waals surface area (Å²) in [6, 6.07) is 13.7. The molecule has 0 unspecified atom stereocenters. The molecule has 1 heteroatoms. The molecule has 0 N–H and O–H groups in total. The van der Waals surface area contributed by atoms with Crippen molar-refractivity contribution in [3.8, 4) is 6.07 Å². The van der Waals surface area contributed by atoms with Gasteiger partial charge in [-0.25, -0.2) is 0 Å². The predicted octanol–water partition coefficient (Wildman–Crippen LogP) is 3.02. The lowest BCUT2D eigenvalue weighted by atomic mass is 10.0. The number of nitriles is 1. The number of aryl methyl sites for hydroxylation is 1. The SMILES string of the molecule is [2H]Cc1ccc2ccccc2c1C#N. The van der Waals surface area contributed by atoms with Crippen molar-refractivity contribution < 1.29 is 1.37 Å². The lowest BCUT2D eigenvalue weighted by Crippen LogP contribution is -1.83. The number of fused-ring (bicyclic) bond motifs is 1. The van der Waals surface area contributed by atoms with Gasteiger partial charge in [0.25, 0.3) is 0 Å². The molecular formula is C12H9N. The van der Waals surface area contributed by atoms with Crippen LogP contribution in [0.2, 0.25) is 0 Å². The molecule has 0 aliphatic carbocycles. The van der Waals surface area contributed by atoms with Crippen LogP contribution in [-0.4, -0.2) is 0 Å². The van der Waals surface area contributed by atoms with E-state index in [-0.39, 0.29) is 6.90 Å². The second-order valence-corrected chi connectivity index (χ2v) is 2.93. The van der Waals surface area contributed by atoms with E-state index in [0.717, 1.165) is 16.3 Å². The highest BCUT2D eigenvalue weighted by molar-refractivity contribution is 5.88. The number of rotatable bonds is 0. The first kappa shape index (κ1) is 6.68. The van der Waals surface area contributed by atoms with Crippen LogP contribution in [0.5, 0.6) is 0 Å². The molecule has 0 fully saturated rings. The molecule has 2 rings (SSSR count). The van der Waals surface area contributed by atoms with Gasteiger partial charge in [-0.05, 0) is 23.2 Å². The summed E-state index contributed by atoms with van der Waals surface area (Å²) in [5.41, 5.74) is 1.43. The van der Waals surface area contributed by atoms with Crippen LogP contribution in [0.25, 0.3) is 10.8 Å². The third kappa shape index (κ3) is 1.17. The minimum absolute atomic E-state index is 0.160. The average molecular weight is 168 g/mol. The van der Waals surface area contributed by atoms with Crippen molar-refractivity contribution in [3.63, 3.8) is 0 Å². The molecular weight excluding hydrogens is 158 g/mol. The van der Waals surface area contributed by atoms with Gasteiger partial charge in [0, 0.05) is 1.37 Å². The second kappa shape index (κ2) is 2.91. The van der Waals surface area contributed by atoms with Crippen molar-refractivity contribution in [2.24, 2.45) is 0 Å². The summed E-state index contributed by atoms with van der Waals surface area (Å²) in [5.74, 6) is 0. The van der Waals surface area contributed by atoms with Gasteiger partial charge in [-0.2, -0.15) is 5.26 Å². The normalized spacial score (nSPS) is 10.8. The Hall–Kier alpha value is -1.81. The Morgan fingerprint density at radius 2 is 2.08 bits per heavy atom. The molecule has 0 aliphatic heterocycles. The maximum atomic E-state index is 9.01. The van der Waals surface area contributed by atoms with Crippen LogP contribution in [0.4, 0.5) is 0 Å². The maximum absolute atomic E-state index is 9.01. The van der Waals surface area contributed by atoms with Gasteiger partial charge in [-0.3, -0.25) is 0 Å². The van der Waals surface area contributed by atoms with Crippen LogP contribution in [0.1, 0.15) is 12.5 Å². The fourth-order valence-electron chi connectivity index (χ4n) is 1.45. The molecule has 2 aromatic carbocycles. The number of benzene rings is 2. The van der Waals surface area contributed by atoms with Gasteiger partial charge in [0.2, 0.25) is 0 Å². The van der Waals surface area contributed by atoms with Gasteiger partial charge in [-0.1, -0.05) is 36.4 Å². The van der Waals surface area contributed by atoms with E-state index in [1.54, 1.807) is 0 Å². The summed E-state index contributed by atoms with van der Waals surface area (Å²) in [6.07, 6.45) is 0. The summed E-state index contributed by atoms with van der Waals surface area (Å²) in [5, 5.41) is 11.0. The Balaban J connectivity index is 2.85. The molecule has 0 saturated carbocycles. The fourth-order valence-corrected chi connectivity index (χ4v) is 1.45. The third-order valence-corrected chi connectivity index (χ3v) is 2.13. The van der Waals surface area contributed by atoms with Crippen molar-refractivity contribution in [1.29, 1.82) is 5.26 Å². The molecule has 0 aromatic heterocycles. The molecule has 0 aliphatic rings. The van der Waals surface area contributed by atoms with E-state index in [9.17, 15) is 0 Å². The summed E-state index contributed by atoms with van der Waals surface area (Å²) in [7, 11) is 0. The quantitative estimate of drug-likeness (QED) is 0.593. The predicted molar refractivity (Wildman–Crippen MR) is 53.4 cm³/mol. The van der Waals surface area contributed by atoms with Gasteiger partial charge < -0.3 is 0 Å². The Labute approximate surface area is 78.6 Å². The second-order valence-electron chi connectivity index (χ2n) is 2.93. The molecule has 1 nitrogen and oxygen atoms in total. The molecule has 0 spiro atoms. The number of nitrogens with zero attached hydrogens (tertiary/aromatic N) is 1. The standard InChI is InChI=1S/C12H9N/c1-9-6-7-10-4-2-3-5-11(10)12(9)8-13/h2-7H,1H3/i1D. The van der Waals surface area contributed by atoms with E-state index in [1.165, 1.54) is 0 Å². The van der Waals surface area contributed by atoms with Gasteiger partial charge in [-0.15, -0.1) is 0 Å². The summed E-state index contributed by atoms with van der Waals surface area (Å²) in [6.45, 7) is 0.160. The molecule has 62 valence electrons. The van der Waals surface area contributed by atoms with Crippen LogP contribution in [0.15, 0.2) is 36.4 Å². The van der Waals surface area contributed by atoms with Gasteiger partial charge in [0.15, 0.2) is 0 Å². The first-order chi connectivity index (χ1) is 6.86. The van der Waals surface area contributed by atoms with Crippen LogP contribution in [-0.2, 0) is 0 Å². The topological polar surface area (TPSA) is 23.8 Å². The highest BCUT2D eigenvalue weighted by Crippen LogP contribution is 2.20. The van der Waals surface area contributed by atoms with Crippen molar-refractivity contribution in [2.45, 2.75) is 6.90 Å². The van der Waals surface area contributed by atoms with Crippen LogP contribution < -0.4 is 0 Å². The summed E-state index contributed by atoms with van der Waals surface area (Å²) in [4.78, 5) is 0. The van der Waals surface area contributed by atoms with E-state index in [1.807, 2.05) is 36.4 Å². The minimum atomic E-state index is 0.160. The Morgan fingerprint density at radius 1 is 1.23 bits per heavy atom. The van der Waals surface area contributed by atoms with Gasteiger partial charge >= 0.3 is 0 Å². The third-order valence-electron chi connectivity index (χ3n) is 2.13. The van der Waals surface area contributed by atoms with E-state index >= 15 is 0 Å². The zero-order valence-electron chi connectivity index (χ0n) is 8.12. The first-order valence-electron chi connectivity index (χ1n) is 4.77. The fraction of sp³-hybridized carbons (Fsp3) is 0.0833. The summed E-state index contributed by atoms with van der Waals surface area (Å²) >= 11 is 0. The number of hydrogen-bond donors (Lipinski definition) is 0. The van der Waals surface area contributed by atoms with E-state index in [2.05, 4.69) is 6.07 Å². The monoisotopic (exact) mass is 168 g/mol. The number of hydrogen-bond acceptors (Lipinski definition) is 1. The molecule has 13 heavy (non-hydrogen) atoms. The lowest BCUT2D eigenvalue weighted by molar-refractivity contribution is 1.42. The largest absolute Gasteiger partial charge is 0.192 e. The maximum Gasteiger partial charge on any atom is 0.100 e. The zero-order valence-corrected chi connectivity index (χ0v) is 7.12.